The van der Waals surface area contributed by atoms with Crippen LogP contribution in [0.25, 0.3) is 0 Å². The number of ether oxygens (including phenoxy) is 3. The summed E-state index contributed by atoms with van der Waals surface area (Å²) < 4.78 is 15.4. The third kappa shape index (κ3) is 2.38. The predicted molar refractivity (Wildman–Crippen MR) is 70.5 cm³/mol. The number of nitrogens with one attached hydrogen (secondary N) is 1. The minimum Gasteiger partial charge on any atom is -0.493 e. The lowest BCUT2D eigenvalue weighted by Crippen LogP contribution is -2.54. The minimum absolute atomic E-state index is 0.257. The number of benzene rings is 1. The molecule has 5 nitrogen and oxygen atoms in total. The summed E-state index contributed by atoms with van der Waals surface area (Å²) in [6, 6.07) is 3.87. The highest BCUT2D eigenvalue weighted by Gasteiger charge is 2.38. The monoisotopic (exact) mass is 265 g/mol. The van der Waals surface area contributed by atoms with E-state index in [4.69, 9.17) is 14.2 Å². The van der Waals surface area contributed by atoms with Crippen molar-refractivity contribution in [3.63, 3.8) is 0 Å². The van der Waals surface area contributed by atoms with Gasteiger partial charge in [-0.3, -0.25) is 10.1 Å². The summed E-state index contributed by atoms with van der Waals surface area (Å²) in [4.78, 5) is 11.8. The molecule has 19 heavy (non-hydrogen) atoms. The van der Waals surface area contributed by atoms with Gasteiger partial charge in [-0.25, -0.2) is 0 Å². The number of rotatable bonds is 3. The number of hydrogen-bond acceptors (Lipinski definition) is 5. The number of carbonyl (C=O) groups is 1. The van der Waals surface area contributed by atoms with E-state index in [-0.39, 0.29) is 5.97 Å². The number of methoxy groups -OCH3 is 3. The molecule has 0 saturated carbocycles. The Balaban J connectivity index is 2.37. The number of esters is 1. The van der Waals surface area contributed by atoms with Gasteiger partial charge in [0.15, 0.2) is 11.5 Å². The zero-order chi connectivity index (χ0) is 14.0. The second kappa shape index (κ2) is 5.09. The first-order valence-corrected chi connectivity index (χ1v) is 6.11. The first-order chi connectivity index (χ1) is 9.04. The lowest BCUT2D eigenvalue weighted by molar-refractivity contribution is -0.148. The SMILES string of the molecule is COC(=O)C1(C)Cc2cc(OC)c(OC)cc2CN1. The topological polar surface area (TPSA) is 56.8 Å². The Labute approximate surface area is 112 Å². The van der Waals surface area contributed by atoms with Gasteiger partial charge in [0.2, 0.25) is 0 Å². The Bertz CT molecular complexity index is 500. The van der Waals surface area contributed by atoms with E-state index in [1.54, 1.807) is 14.2 Å². The van der Waals surface area contributed by atoms with Crippen LogP contribution in [0.15, 0.2) is 12.1 Å². The molecule has 104 valence electrons. The van der Waals surface area contributed by atoms with Gasteiger partial charge in [-0.05, 0) is 30.2 Å². The Morgan fingerprint density at radius 3 is 2.26 bits per heavy atom. The van der Waals surface area contributed by atoms with Gasteiger partial charge in [0, 0.05) is 13.0 Å². The van der Waals surface area contributed by atoms with Gasteiger partial charge in [-0.1, -0.05) is 0 Å². The summed E-state index contributed by atoms with van der Waals surface area (Å²) >= 11 is 0. The molecular weight excluding hydrogens is 246 g/mol. The molecular formula is C14H19NO4. The van der Waals surface area contributed by atoms with E-state index in [9.17, 15) is 4.79 Å². The Hall–Kier alpha value is -1.75. The average molecular weight is 265 g/mol. The molecule has 1 N–H and O–H groups in total. The number of carbonyl (C=O) groups excluding carboxylic acids is 1. The lowest BCUT2D eigenvalue weighted by atomic mass is 9.86. The molecule has 1 aliphatic heterocycles. The van der Waals surface area contributed by atoms with Crippen LogP contribution in [0.4, 0.5) is 0 Å². The Morgan fingerprint density at radius 1 is 1.16 bits per heavy atom. The van der Waals surface area contributed by atoms with E-state index >= 15 is 0 Å². The van der Waals surface area contributed by atoms with Crippen LogP contribution in [0.3, 0.4) is 0 Å². The fourth-order valence-electron chi connectivity index (χ4n) is 2.40. The van der Waals surface area contributed by atoms with E-state index in [1.807, 2.05) is 19.1 Å². The molecule has 1 unspecified atom stereocenters. The minimum atomic E-state index is -0.693. The van der Waals surface area contributed by atoms with Crippen LogP contribution in [0, 0.1) is 0 Å². The molecule has 0 amide bonds. The molecule has 0 spiro atoms. The quantitative estimate of drug-likeness (QED) is 0.834. The highest BCUT2D eigenvalue weighted by molar-refractivity contribution is 5.81. The third-order valence-electron chi connectivity index (χ3n) is 3.55. The van der Waals surface area contributed by atoms with Gasteiger partial charge in [-0.2, -0.15) is 0 Å². The van der Waals surface area contributed by atoms with Crippen molar-refractivity contribution < 1.29 is 19.0 Å². The second-order valence-electron chi connectivity index (χ2n) is 4.83. The van der Waals surface area contributed by atoms with E-state index in [0.29, 0.717) is 24.5 Å². The summed E-state index contributed by atoms with van der Waals surface area (Å²) in [7, 11) is 4.61. The molecule has 2 rings (SSSR count). The molecule has 1 aromatic rings. The fraction of sp³-hybridized carbons (Fsp3) is 0.500. The van der Waals surface area contributed by atoms with Crippen molar-refractivity contribution in [3.05, 3.63) is 23.3 Å². The van der Waals surface area contributed by atoms with E-state index in [0.717, 1.165) is 11.1 Å². The largest absolute Gasteiger partial charge is 0.493 e. The maximum atomic E-state index is 11.8. The van der Waals surface area contributed by atoms with Crippen molar-refractivity contribution in [2.24, 2.45) is 0 Å². The van der Waals surface area contributed by atoms with Gasteiger partial charge in [-0.15, -0.1) is 0 Å². The molecule has 1 atom stereocenters. The van der Waals surface area contributed by atoms with Crippen LogP contribution in [0.1, 0.15) is 18.1 Å². The summed E-state index contributed by atoms with van der Waals surface area (Å²) in [5.74, 6) is 1.12. The first kappa shape index (κ1) is 13.7. The number of hydrogen-bond donors (Lipinski definition) is 1. The summed E-state index contributed by atoms with van der Waals surface area (Å²) in [5, 5.41) is 3.22. The highest BCUT2D eigenvalue weighted by Crippen LogP contribution is 2.34. The molecule has 0 bridgehead atoms. The smallest absolute Gasteiger partial charge is 0.326 e. The molecule has 0 aliphatic carbocycles. The Morgan fingerprint density at radius 2 is 1.74 bits per heavy atom. The average Bonchev–Trinajstić information content (AvgIpc) is 2.44. The van der Waals surface area contributed by atoms with Crippen LogP contribution >= 0.6 is 0 Å². The van der Waals surface area contributed by atoms with Gasteiger partial charge in [0.05, 0.1) is 21.3 Å². The molecule has 1 aromatic carbocycles. The molecule has 0 saturated heterocycles. The van der Waals surface area contributed by atoms with Gasteiger partial charge < -0.3 is 14.2 Å². The first-order valence-electron chi connectivity index (χ1n) is 6.11. The van der Waals surface area contributed by atoms with Crippen molar-refractivity contribution in [1.29, 1.82) is 0 Å². The van der Waals surface area contributed by atoms with Crippen LogP contribution < -0.4 is 14.8 Å². The standard InChI is InChI=1S/C14H19NO4/c1-14(13(16)19-4)7-9-5-11(17-2)12(18-3)6-10(9)8-15-14/h5-6,15H,7-8H2,1-4H3. The maximum absolute atomic E-state index is 11.8. The predicted octanol–water partition coefficient (Wildman–Crippen LogP) is 1.28. The van der Waals surface area contributed by atoms with Gasteiger partial charge >= 0.3 is 5.97 Å². The van der Waals surface area contributed by atoms with Crippen LogP contribution in [0.5, 0.6) is 11.5 Å². The second-order valence-corrected chi connectivity index (χ2v) is 4.83. The van der Waals surface area contributed by atoms with Gasteiger partial charge in [0.25, 0.3) is 0 Å². The maximum Gasteiger partial charge on any atom is 0.326 e. The lowest BCUT2D eigenvalue weighted by Gasteiger charge is -2.34. The van der Waals surface area contributed by atoms with Crippen molar-refractivity contribution in [2.45, 2.75) is 25.4 Å². The zero-order valence-corrected chi connectivity index (χ0v) is 11.7. The van der Waals surface area contributed by atoms with Crippen LogP contribution in [0.2, 0.25) is 0 Å². The van der Waals surface area contributed by atoms with Crippen molar-refractivity contribution >= 4 is 5.97 Å². The van der Waals surface area contributed by atoms with Crippen molar-refractivity contribution in [3.8, 4) is 11.5 Å². The summed E-state index contributed by atoms with van der Waals surface area (Å²) in [5.41, 5.74) is 1.49. The number of fused-ring (bicyclic) bond motifs is 1. The summed E-state index contributed by atoms with van der Waals surface area (Å²) in [6.45, 7) is 2.44. The zero-order valence-electron chi connectivity index (χ0n) is 11.7. The molecule has 0 radical (unpaired) electrons. The molecule has 5 heteroatoms. The molecule has 1 aliphatic rings. The van der Waals surface area contributed by atoms with Gasteiger partial charge in [0.1, 0.15) is 5.54 Å². The van der Waals surface area contributed by atoms with Crippen molar-refractivity contribution in [1.82, 2.24) is 5.32 Å². The van der Waals surface area contributed by atoms with E-state index in [1.165, 1.54) is 7.11 Å². The normalized spacial score (nSPS) is 21.5. The Kier molecular flexibility index (Phi) is 3.66. The third-order valence-corrected chi connectivity index (χ3v) is 3.55. The molecule has 0 aromatic heterocycles. The van der Waals surface area contributed by atoms with E-state index in [2.05, 4.69) is 5.32 Å². The fourth-order valence-corrected chi connectivity index (χ4v) is 2.40. The summed E-state index contributed by atoms with van der Waals surface area (Å²) in [6.07, 6.45) is 0.565. The molecule has 0 fully saturated rings. The van der Waals surface area contributed by atoms with Crippen LogP contribution in [-0.2, 0) is 22.5 Å². The van der Waals surface area contributed by atoms with Crippen molar-refractivity contribution in [2.75, 3.05) is 21.3 Å². The molecule has 1 heterocycles. The van der Waals surface area contributed by atoms with E-state index < -0.39 is 5.54 Å². The highest BCUT2D eigenvalue weighted by atomic mass is 16.5. The van der Waals surface area contributed by atoms with Crippen LogP contribution in [-0.4, -0.2) is 32.8 Å².